The Morgan fingerprint density at radius 1 is 1.12 bits per heavy atom. The van der Waals surface area contributed by atoms with E-state index in [4.69, 9.17) is 0 Å². The van der Waals surface area contributed by atoms with Crippen molar-refractivity contribution in [2.75, 3.05) is 31.4 Å². The summed E-state index contributed by atoms with van der Waals surface area (Å²) in [7, 11) is -2.23. The van der Waals surface area contributed by atoms with Gasteiger partial charge < -0.3 is 9.64 Å². The van der Waals surface area contributed by atoms with Crippen LogP contribution in [0.15, 0.2) is 23.1 Å². The molecule has 1 fully saturated rings. The van der Waals surface area contributed by atoms with Gasteiger partial charge in [-0.05, 0) is 37.5 Å². The Morgan fingerprint density at radius 3 is 2.08 bits per heavy atom. The molecule has 144 valence electrons. The van der Waals surface area contributed by atoms with Gasteiger partial charge in [0.2, 0.25) is 0 Å². The molecule has 2 rings (SSSR count). The predicted octanol–water partition coefficient (Wildman–Crippen LogP) is 4.31. The first kappa shape index (κ1) is 23.4. The zero-order valence-electron chi connectivity index (χ0n) is 16.5. The first-order valence-corrected chi connectivity index (χ1v) is 10.9. The van der Waals surface area contributed by atoms with E-state index in [0.29, 0.717) is 0 Å². The fraction of sp³-hybridized carbons (Fsp3) is 0.632. The van der Waals surface area contributed by atoms with E-state index < -0.39 is 15.8 Å². The molecule has 0 atom stereocenters. The van der Waals surface area contributed by atoms with Gasteiger partial charge in [0.15, 0.2) is 9.84 Å². The number of hydrogen-bond acceptors (Lipinski definition) is 5. The monoisotopic (exact) mass is 371 g/mol. The summed E-state index contributed by atoms with van der Waals surface area (Å²) in [5.41, 5.74) is 0.938. The van der Waals surface area contributed by atoms with Gasteiger partial charge in [0.25, 0.3) is 0 Å². The number of esters is 1. The normalized spacial score (nSPS) is 13.8. The predicted molar refractivity (Wildman–Crippen MR) is 104 cm³/mol. The third kappa shape index (κ3) is 7.46. The SMILES string of the molecule is CC.CCC.COC(=O)c1ccc(N2CCCCC2)cc1S(C)(=O)=O. The van der Waals surface area contributed by atoms with Crippen LogP contribution in [-0.2, 0) is 14.6 Å². The van der Waals surface area contributed by atoms with Crippen LogP contribution in [0.2, 0.25) is 0 Å². The maximum Gasteiger partial charge on any atom is 0.339 e. The van der Waals surface area contributed by atoms with E-state index in [9.17, 15) is 13.2 Å². The summed E-state index contributed by atoms with van der Waals surface area (Å²) < 4.78 is 28.4. The van der Waals surface area contributed by atoms with E-state index in [1.807, 2.05) is 13.8 Å². The highest BCUT2D eigenvalue weighted by Crippen LogP contribution is 2.26. The van der Waals surface area contributed by atoms with Gasteiger partial charge in [0, 0.05) is 25.0 Å². The third-order valence-corrected chi connectivity index (χ3v) is 4.63. The summed E-state index contributed by atoms with van der Waals surface area (Å²) in [5, 5.41) is 0. The van der Waals surface area contributed by atoms with Gasteiger partial charge in [-0.1, -0.05) is 34.1 Å². The number of sulfone groups is 1. The summed E-state index contributed by atoms with van der Waals surface area (Å²) in [6.45, 7) is 10.1. The zero-order valence-corrected chi connectivity index (χ0v) is 17.3. The Kier molecular flexibility index (Phi) is 11.2. The maximum atomic E-state index is 11.9. The van der Waals surface area contributed by atoms with Crippen LogP contribution in [0.25, 0.3) is 0 Å². The van der Waals surface area contributed by atoms with Crippen molar-refractivity contribution in [3.63, 3.8) is 0 Å². The number of methoxy groups -OCH3 is 1. The molecule has 0 saturated carbocycles. The molecule has 0 aromatic heterocycles. The fourth-order valence-corrected chi connectivity index (χ4v) is 3.33. The van der Waals surface area contributed by atoms with Gasteiger partial charge >= 0.3 is 5.97 Å². The van der Waals surface area contributed by atoms with Crippen molar-refractivity contribution in [2.24, 2.45) is 0 Å². The highest BCUT2D eigenvalue weighted by atomic mass is 32.2. The van der Waals surface area contributed by atoms with Crippen LogP contribution in [0.5, 0.6) is 0 Å². The summed E-state index contributed by atoms with van der Waals surface area (Å²) in [6.07, 6.45) is 5.77. The maximum absolute atomic E-state index is 11.9. The van der Waals surface area contributed by atoms with Crippen LogP contribution in [0.4, 0.5) is 5.69 Å². The standard InChI is InChI=1S/C14H19NO4S.C3H8.C2H6/c1-19-14(16)12-7-6-11(10-13(12)20(2,17)18)15-8-4-3-5-9-15;1-3-2;1-2/h6-7,10H,3-5,8-9H2,1-2H3;3H2,1-2H3;1-2H3. The summed E-state index contributed by atoms with van der Waals surface area (Å²) in [6, 6.07) is 4.89. The summed E-state index contributed by atoms with van der Waals surface area (Å²) in [5.74, 6) is -0.629. The average Bonchev–Trinajstić information content (AvgIpc) is 2.63. The highest BCUT2D eigenvalue weighted by molar-refractivity contribution is 7.90. The van der Waals surface area contributed by atoms with E-state index in [1.54, 1.807) is 12.1 Å². The minimum atomic E-state index is -3.48. The smallest absolute Gasteiger partial charge is 0.339 e. The van der Waals surface area contributed by atoms with Crippen LogP contribution >= 0.6 is 0 Å². The van der Waals surface area contributed by atoms with Crippen LogP contribution in [0.3, 0.4) is 0 Å². The lowest BCUT2D eigenvalue weighted by Crippen LogP contribution is -2.29. The second-order valence-electron chi connectivity index (χ2n) is 5.70. The molecule has 1 aromatic rings. The summed E-state index contributed by atoms with van der Waals surface area (Å²) in [4.78, 5) is 13.9. The molecule has 1 aliphatic rings. The highest BCUT2D eigenvalue weighted by Gasteiger charge is 2.21. The van der Waals surface area contributed by atoms with Gasteiger partial charge in [-0.25, -0.2) is 13.2 Å². The van der Waals surface area contributed by atoms with Crippen molar-refractivity contribution in [1.29, 1.82) is 0 Å². The molecule has 5 nitrogen and oxygen atoms in total. The Bertz CT molecular complexity index is 620. The van der Waals surface area contributed by atoms with E-state index in [-0.39, 0.29) is 10.5 Å². The quantitative estimate of drug-likeness (QED) is 0.741. The Balaban J connectivity index is 0.00000104. The Hall–Kier alpha value is -1.56. The Labute approximate surface area is 153 Å². The Morgan fingerprint density at radius 2 is 1.64 bits per heavy atom. The van der Waals surface area contributed by atoms with Gasteiger partial charge in [0.05, 0.1) is 17.6 Å². The molecular weight excluding hydrogens is 338 g/mol. The average molecular weight is 372 g/mol. The number of nitrogens with zero attached hydrogens (tertiary/aromatic N) is 1. The van der Waals surface area contributed by atoms with Crippen LogP contribution < -0.4 is 4.90 Å². The number of carbonyl (C=O) groups is 1. The topological polar surface area (TPSA) is 63.7 Å². The summed E-state index contributed by atoms with van der Waals surface area (Å²) >= 11 is 0. The second-order valence-corrected chi connectivity index (χ2v) is 7.68. The number of ether oxygens (including phenoxy) is 1. The minimum absolute atomic E-state index is 0.0347. The lowest BCUT2D eigenvalue weighted by Gasteiger charge is -2.29. The number of benzene rings is 1. The minimum Gasteiger partial charge on any atom is -0.465 e. The van der Waals surface area contributed by atoms with Gasteiger partial charge in [-0.15, -0.1) is 0 Å². The van der Waals surface area contributed by atoms with Gasteiger partial charge in [-0.2, -0.15) is 0 Å². The van der Waals surface area contributed by atoms with Crippen molar-refractivity contribution in [2.45, 2.75) is 58.3 Å². The molecule has 0 N–H and O–H groups in total. The van der Waals surface area contributed by atoms with Crippen LogP contribution in [0.1, 0.15) is 63.7 Å². The first-order valence-electron chi connectivity index (χ1n) is 9.02. The van der Waals surface area contributed by atoms with Crippen molar-refractivity contribution < 1.29 is 17.9 Å². The second kappa shape index (κ2) is 11.9. The van der Waals surface area contributed by atoms with Crippen LogP contribution in [0, 0.1) is 0 Å². The molecular formula is C19H33NO4S. The zero-order chi connectivity index (χ0) is 19.5. The molecule has 0 aliphatic carbocycles. The molecule has 0 bridgehead atoms. The van der Waals surface area contributed by atoms with Crippen molar-refractivity contribution in [1.82, 2.24) is 0 Å². The van der Waals surface area contributed by atoms with Crippen molar-refractivity contribution >= 4 is 21.5 Å². The number of anilines is 1. The molecule has 0 radical (unpaired) electrons. The van der Waals surface area contributed by atoms with Crippen molar-refractivity contribution in [3.8, 4) is 0 Å². The van der Waals surface area contributed by atoms with E-state index in [1.165, 1.54) is 26.0 Å². The number of piperidine rings is 1. The molecule has 1 saturated heterocycles. The number of carbonyl (C=O) groups excluding carboxylic acids is 1. The fourth-order valence-electron chi connectivity index (χ4n) is 2.45. The van der Waals surface area contributed by atoms with Crippen LogP contribution in [-0.4, -0.2) is 40.8 Å². The lowest BCUT2D eigenvalue weighted by molar-refractivity contribution is 0.0596. The lowest BCUT2D eigenvalue weighted by atomic mass is 10.1. The molecule has 25 heavy (non-hydrogen) atoms. The number of rotatable bonds is 3. The van der Waals surface area contributed by atoms with E-state index in [0.717, 1.165) is 37.9 Å². The van der Waals surface area contributed by atoms with E-state index in [2.05, 4.69) is 23.5 Å². The number of hydrogen-bond donors (Lipinski definition) is 0. The van der Waals surface area contributed by atoms with E-state index >= 15 is 0 Å². The molecule has 1 heterocycles. The first-order chi connectivity index (χ1) is 11.8. The van der Waals surface area contributed by atoms with Gasteiger partial charge in [-0.3, -0.25) is 0 Å². The van der Waals surface area contributed by atoms with Gasteiger partial charge in [0.1, 0.15) is 0 Å². The third-order valence-electron chi connectivity index (χ3n) is 3.49. The molecule has 0 amide bonds. The molecule has 1 aliphatic heterocycles. The van der Waals surface area contributed by atoms with Crippen molar-refractivity contribution in [3.05, 3.63) is 23.8 Å². The molecule has 1 aromatic carbocycles. The molecule has 6 heteroatoms. The molecule has 0 unspecified atom stereocenters. The molecule has 0 spiro atoms. The largest absolute Gasteiger partial charge is 0.465 e.